The third-order valence-corrected chi connectivity index (χ3v) is 12.7. The largest absolute Gasteiger partial charge is 0.436 e. The summed E-state index contributed by atoms with van der Waals surface area (Å²) >= 11 is 0. The van der Waals surface area contributed by atoms with E-state index in [1.54, 1.807) is 0 Å². The molecule has 0 bridgehead atoms. The number of para-hydroxylation sites is 4. The molecule has 0 radical (unpaired) electrons. The molecule has 9 aromatic carbocycles. The molecule has 5 nitrogen and oxygen atoms in total. The first kappa shape index (κ1) is 31.1. The second-order valence-electron chi connectivity index (χ2n) is 15.7. The third-order valence-electron chi connectivity index (χ3n) is 12.7. The molecule has 5 heteroatoms. The van der Waals surface area contributed by atoms with Crippen LogP contribution in [-0.2, 0) is 0 Å². The number of aromatic nitrogens is 4. The van der Waals surface area contributed by atoms with Gasteiger partial charge in [-0.05, 0) is 75.1 Å². The number of furan rings is 1. The van der Waals surface area contributed by atoms with Gasteiger partial charge in [-0.15, -0.1) is 0 Å². The van der Waals surface area contributed by atoms with Crippen molar-refractivity contribution >= 4 is 87.4 Å². The maximum atomic E-state index is 6.47. The Morgan fingerprint density at radius 3 is 1.93 bits per heavy atom. The zero-order valence-electron chi connectivity index (χ0n) is 31.5. The van der Waals surface area contributed by atoms with Crippen molar-refractivity contribution in [2.75, 3.05) is 0 Å². The smallest absolute Gasteiger partial charge is 0.247 e. The van der Waals surface area contributed by atoms with E-state index in [2.05, 4.69) is 173 Å². The normalized spacial score (nSPS) is 12.4. The Labute approximate surface area is 336 Å². The Hall–Kier alpha value is -8.02. The Morgan fingerprint density at radius 2 is 1.07 bits per heavy atom. The molecule has 0 aliphatic carbocycles. The average molecular weight is 751 g/mol. The highest BCUT2D eigenvalue weighted by Gasteiger charge is 2.30. The maximum absolute atomic E-state index is 6.47. The molecular weight excluding hydrogens is 721 g/mol. The fourth-order valence-corrected chi connectivity index (χ4v) is 10.2. The van der Waals surface area contributed by atoms with Crippen LogP contribution in [0.4, 0.5) is 0 Å². The standard InChI is InChI=1S/C54H30N4O/c1-2-14-34-31(13-1)25-26-32-27-28-33(29-41(32)34)50-53(55-51-40-20-8-12-24-47(40)59-54(51)56-50)58-45-23-11-7-19-39(45)48-46(58)30-42-37-17-6-10-22-44(37)57-43-21-9-5-16-36(43)35-15-3-4-18-38(35)49(48)52(42)57/h1-30H. The first-order chi connectivity index (χ1) is 29.3. The van der Waals surface area contributed by atoms with E-state index in [9.17, 15) is 0 Å². The van der Waals surface area contributed by atoms with Gasteiger partial charge in [0.15, 0.2) is 5.82 Å². The lowest BCUT2D eigenvalue weighted by atomic mass is 9.91. The molecule has 0 saturated carbocycles. The molecule has 0 spiro atoms. The summed E-state index contributed by atoms with van der Waals surface area (Å²) < 4.78 is 11.3. The van der Waals surface area contributed by atoms with E-state index < -0.39 is 0 Å². The minimum Gasteiger partial charge on any atom is -0.436 e. The number of hydrogen-bond acceptors (Lipinski definition) is 3. The molecule has 1 aliphatic heterocycles. The van der Waals surface area contributed by atoms with Gasteiger partial charge in [-0.3, -0.25) is 4.57 Å². The zero-order valence-corrected chi connectivity index (χ0v) is 31.5. The highest BCUT2D eigenvalue weighted by atomic mass is 16.3. The van der Waals surface area contributed by atoms with E-state index in [1.165, 1.54) is 76.7 Å². The van der Waals surface area contributed by atoms with Gasteiger partial charge in [0, 0.05) is 43.6 Å². The monoisotopic (exact) mass is 750 g/mol. The highest BCUT2D eigenvalue weighted by Crippen LogP contribution is 2.52. The summed E-state index contributed by atoms with van der Waals surface area (Å²) in [6.07, 6.45) is 0. The van der Waals surface area contributed by atoms with E-state index in [4.69, 9.17) is 14.4 Å². The van der Waals surface area contributed by atoms with Crippen LogP contribution in [0.15, 0.2) is 186 Å². The van der Waals surface area contributed by atoms with Crippen molar-refractivity contribution in [2.45, 2.75) is 0 Å². The van der Waals surface area contributed by atoms with Gasteiger partial charge >= 0.3 is 0 Å². The van der Waals surface area contributed by atoms with Crippen LogP contribution in [0.1, 0.15) is 0 Å². The summed E-state index contributed by atoms with van der Waals surface area (Å²) in [5.41, 5.74) is 14.3. The molecule has 0 saturated heterocycles. The molecule has 272 valence electrons. The minimum atomic E-state index is 0.521. The Kier molecular flexibility index (Phi) is 5.96. The first-order valence-corrected chi connectivity index (χ1v) is 20.1. The van der Waals surface area contributed by atoms with E-state index in [0.717, 1.165) is 50.0 Å². The van der Waals surface area contributed by atoms with Crippen LogP contribution >= 0.6 is 0 Å². The molecule has 14 rings (SSSR count). The summed E-state index contributed by atoms with van der Waals surface area (Å²) in [7, 11) is 0. The number of nitrogens with zero attached hydrogens (tertiary/aromatic N) is 4. The van der Waals surface area contributed by atoms with Crippen LogP contribution in [-0.4, -0.2) is 19.1 Å². The van der Waals surface area contributed by atoms with Crippen LogP contribution in [0.25, 0.3) is 132 Å². The van der Waals surface area contributed by atoms with Crippen molar-refractivity contribution in [3.63, 3.8) is 0 Å². The lowest BCUT2D eigenvalue weighted by Crippen LogP contribution is -2.03. The topological polar surface area (TPSA) is 48.8 Å². The molecule has 59 heavy (non-hydrogen) atoms. The van der Waals surface area contributed by atoms with Crippen LogP contribution in [0.3, 0.4) is 0 Å². The van der Waals surface area contributed by atoms with Crippen molar-refractivity contribution in [3.8, 4) is 45.0 Å². The molecule has 0 fully saturated rings. The van der Waals surface area contributed by atoms with Gasteiger partial charge in [0.05, 0.1) is 27.8 Å². The summed E-state index contributed by atoms with van der Waals surface area (Å²) in [6.45, 7) is 0. The third kappa shape index (κ3) is 4.08. The molecular formula is C54H30N4O. The Morgan fingerprint density at radius 1 is 0.424 bits per heavy atom. The van der Waals surface area contributed by atoms with E-state index >= 15 is 0 Å². The summed E-state index contributed by atoms with van der Waals surface area (Å²) in [4.78, 5) is 11.1. The number of hydrogen-bond donors (Lipinski definition) is 0. The second-order valence-corrected chi connectivity index (χ2v) is 15.7. The molecule has 0 amide bonds. The molecule has 1 aliphatic rings. The fourth-order valence-electron chi connectivity index (χ4n) is 10.2. The predicted octanol–water partition coefficient (Wildman–Crippen LogP) is 14.2. The lowest BCUT2D eigenvalue weighted by Gasteiger charge is -2.14. The van der Waals surface area contributed by atoms with Crippen LogP contribution in [0.2, 0.25) is 0 Å². The van der Waals surface area contributed by atoms with Crippen LogP contribution in [0, 0.1) is 0 Å². The zero-order chi connectivity index (χ0) is 38.3. The van der Waals surface area contributed by atoms with Crippen LogP contribution < -0.4 is 0 Å². The molecule has 0 unspecified atom stereocenters. The highest BCUT2D eigenvalue weighted by molar-refractivity contribution is 6.28. The van der Waals surface area contributed by atoms with Gasteiger partial charge in [0.2, 0.25) is 5.71 Å². The quantitative estimate of drug-likeness (QED) is 0.165. The van der Waals surface area contributed by atoms with Crippen molar-refractivity contribution in [1.82, 2.24) is 19.1 Å². The van der Waals surface area contributed by atoms with E-state index in [1.807, 2.05) is 18.2 Å². The van der Waals surface area contributed by atoms with Gasteiger partial charge in [0.25, 0.3) is 0 Å². The van der Waals surface area contributed by atoms with E-state index in [0.29, 0.717) is 5.71 Å². The summed E-state index contributed by atoms with van der Waals surface area (Å²) in [6, 6.07) is 65.5. The minimum absolute atomic E-state index is 0.521. The summed E-state index contributed by atoms with van der Waals surface area (Å²) in [5.74, 6) is 0.760. The number of fused-ring (bicyclic) bond motifs is 18. The van der Waals surface area contributed by atoms with E-state index in [-0.39, 0.29) is 0 Å². The fraction of sp³-hybridized carbons (Fsp3) is 0. The van der Waals surface area contributed by atoms with Crippen molar-refractivity contribution in [3.05, 3.63) is 182 Å². The molecule has 4 aromatic heterocycles. The average Bonchev–Trinajstić information content (AvgIpc) is 3.92. The lowest BCUT2D eigenvalue weighted by molar-refractivity contribution is 0.653. The molecule has 0 atom stereocenters. The Balaban J connectivity index is 1.19. The van der Waals surface area contributed by atoms with Gasteiger partial charge in [0.1, 0.15) is 16.8 Å². The predicted molar refractivity (Wildman–Crippen MR) is 243 cm³/mol. The SMILES string of the molecule is c1ccc2c(c1)-c1ccccc1-n1c3ccccc3c3cc4c(c-2c31)c1ccccc1n4-c1nc2c(nc1-c1ccc3ccc4ccccc4c3c1)oc1ccccc12. The van der Waals surface area contributed by atoms with Crippen molar-refractivity contribution in [1.29, 1.82) is 0 Å². The Bertz CT molecular complexity index is 3980. The van der Waals surface area contributed by atoms with Gasteiger partial charge in [-0.1, -0.05) is 140 Å². The molecule has 13 aromatic rings. The van der Waals surface area contributed by atoms with Crippen molar-refractivity contribution in [2.24, 2.45) is 0 Å². The number of benzene rings is 9. The van der Waals surface area contributed by atoms with Crippen molar-refractivity contribution < 1.29 is 4.42 Å². The van der Waals surface area contributed by atoms with Crippen LogP contribution in [0.5, 0.6) is 0 Å². The molecule has 0 N–H and O–H groups in total. The maximum Gasteiger partial charge on any atom is 0.247 e. The first-order valence-electron chi connectivity index (χ1n) is 20.1. The molecule has 5 heterocycles. The van der Waals surface area contributed by atoms with Gasteiger partial charge in [-0.25, -0.2) is 9.97 Å². The van der Waals surface area contributed by atoms with Gasteiger partial charge in [-0.2, -0.15) is 0 Å². The second kappa shape index (κ2) is 11.3. The summed E-state index contributed by atoms with van der Waals surface area (Å²) in [5, 5.41) is 10.4. The van der Waals surface area contributed by atoms with Gasteiger partial charge < -0.3 is 8.98 Å². The number of rotatable bonds is 2.